The Morgan fingerprint density at radius 3 is 1.63 bits per heavy atom. The Bertz CT molecular complexity index is 2880. The van der Waals surface area contributed by atoms with Gasteiger partial charge in [0.25, 0.3) is 0 Å². The molecule has 0 aliphatic heterocycles. The fourth-order valence-corrected chi connectivity index (χ4v) is 7.77. The molecular weight excluding hydrogens is 631 g/mol. The van der Waals surface area contributed by atoms with Crippen molar-refractivity contribution in [3.05, 3.63) is 200 Å². The highest BCUT2D eigenvalue weighted by Crippen LogP contribution is 2.47. The minimum atomic E-state index is 0.887. The van der Waals surface area contributed by atoms with Crippen molar-refractivity contribution < 1.29 is 4.42 Å². The maximum atomic E-state index is 6.63. The van der Waals surface area contributed by atoms with Crippen LogP contribution in [0.4, 0.5) is 17.1 Å². The minimum absolute atomic E-state index is 0.887. The van der Waals surface area contributed by atoms with Gasteiger partial charge in [0.05, 0.1) is 11.4 Å². The highest BCUT2D eigenvalue weighted by atomic mass is 16.3. The van der Waals surface area contributed by atoms with E-state index in [0.29, 0.717) is 0 Å². The van der Waals surface area contributed by atoms with E-state index in [-0.39, 0.29) is 0 Å². The molecule has 9 aromatic carbocycles. The zero-order valence-corrected chi connectivity index (χ0v) is 28.4. The van der Waals surface area contributed by atoms with E-state index >= 15 is 0 Å². The third-order valence-corrected chi connectivity index (χ3v) is 10.3. The van der Waals surface area contributed by atoms with Gasteiger partial charge in [0.2, 0.25) is 0 Å². The molecule has 0 aliphatic carbocycles. The summed E-state index contributed by atoms with van der Waals surface area (Å²) in [5.41, 5.74) is 12.2. The first-order valence-corrected chi connectivity index (χ1v) is 17.8. The summed E-state index contributed by atoms with van der Waals surface area (Å²) in [6.07, 6.45) is 0. The summed E-state index contributed by atoms with van der Waals surface area (Å²) in [5.74, 6) is 0. The van der Waals surface area contributed by atoms with Crippen LogP contribution < -0.4 is 4.90 Å². The molecule has 1 aromatic heterocycles. The van der Waals surface area contributed by atoms with Crippen LogP contribution in [-0.4, -0.2) is 0 Å². The lowest BCUT2D eigenvalue weighted by Crippen LogP contribution is -2.11. The van der Waals surface area contributed by atoms with Gasteiger partial charge in [-0.3, -0.25) is 0 Å². The van der Waals surface area contributed by atoms with Gasteiger partial charge in [-0.25, -0.2) is 0 Å². The fourth-order valence-electron chi connectivity index (χ4n) is 7.77. The summed E-state index contributed by atoms with van der Waals surface area (Å²) in [5, 5.41) is 6.95. The Kier molecular flexibility index (Phi) is 7.18. The maximum Gasteiger partial charge on any atom is 0.143 e. The van der Waals surface area contributed by atoms with Crippen LogP contribution in [0.25, 0.3) is 76.9 Å². The Hall–Kier alpha value is -6.90. The summed E-state index contributed by atoms with van der Waals surface area (Å²) in [6, 6.07) is 71.6. The molecular formula is C50H33NO. The molecule has 0 saturated carbocycles. The van der Waals surface area contributed by atoms with E-state index in [0.717, 1.165) is 55.5 Å². The van der Waals surface area contributed by atoms with Crippen molar-refractivity contribution in [3.63, 3.8) is 0 Å². The first-order valence-electron chi connectivity index (χ1n) is 17.8. The topological polar surface area (TPSA) is 16.4 Å². The summed E-state index contributed by atoms with van der Waals surface area (Å²) < 4.78 is 6.63. The number of para-hydroxylation sites is 1. The van der Waals surface area contributed by atoms with Gasteiger partial charge in [0.1, 0.15) is 11.2 Å². The lowest BCUT2D eigenvalue weighted by atomic mass is 9.95. The van der Waals surface area contributed by atoms with Gasteiger partial charge < -0.3 is 9.32 Å². The van der Waals surface area contributed by atoms with Crippen LogP contribution in [0.2, 0.25) is 0 Å². The average molecular weight is 664 g/mol. The minimum Gasteiger partial charge on any atom is -0.455 e. The lowest BCUT2D eigenvalue weighted by Gasteiger charge is -2.29. The number of hydrogen-bond donors (Lipinski definition) is 0. The Labute approximate surface area is 302 Å². The van der Waals surface area contributed by atoms with Crippen LogP contribution >= 0.6 is 0 Å². The lowest BCUT2D eigenvalue weighted by molar-refractivity contribution is 0.673. The third-order valence-electron chi connectivity index (χ3n) is 10.3. The molecule has 0 N–H and O–H groups in total. The molecule has 2 heteroatoms. The number of benzene rings is 9. The summed E-state index contributed by atoms with van der Waals surface area (Å²) in [6.45, 7) is 0. The van der Waals surface area contributed by atoms with Gasteiger partial charge in [-0.2, -0.15) is 0 Å². The molecule has 10 rings (SSSR count). The van der Waals surface area contributed by atoms with E-state index in [9.17, 15) is 0 Å². The molecule has 244 valence electrons. The van der Waals surface area contributed by atoms with Crippen LogP contribution in [0.15, 0.2) is 205 Å². The molecule has 0 atom stereocenters. The van der Waals surface area contributed by atoms with Crippen LogP contribution in [0.3, 0.4) is 0 Å². The molecule has 0 spiro atoms. The molecule has 52 heavy (non-hydrogen) atoms. The monoisotopic (exact) mass is 663 g/mol. The van der Waals surface area contributed by atoms with Gasteiger partial charge in [0, 0.05) is 32.8 Å². The Morgan fingerprint density at radius 1 is 0.327 bits per heavy atom. The predicted octanol–water partition coefficient (Wildman–Crippen LogP) is 14.4. The van der Waals surface area contributed by atoms with Gasteiger partial charge in [0.15, 0.2) is 0 Å². The van der Waals surface area contributed by atoms with E-state index in [4.69, 9.17) is 4.42 Å². The molecule has 0 fully saturated rings. The number of furan rings is 1. The van der Waals surface area contributed by atoms with E-state index in [1.54, 1.807) is 0 Å². The molecule has 10 aromatic rings. The molecule has 0 saturated heterocycles. The van der Waals surface area contributed by atoms with Crippen molar-refractivity contribution in [1.82, 2.24) is 0 Å². The van der Waals surface area contributed by atoms with Crippen molar-refractivity contribution in [3.8, 4) is 33.4 Å². The summed E-state index contributed by atoms with van der Waals surface area (Å²) in [4.78, 5) is 2.41. The smallest absolute Gasteiger partial charge is 0.143 e. The standard InChI is InChI=1S/C50H33NO/c1-2-12-34(13-3-1)35-24-26-36(27-25-35)37-28-31-40(32-29-37)51(46-22-10-16-38-14-4-6-17-41(38)46)47-21-9-8-19-43(47)44-20-11-23-48-49(44)45-33-30-39-15-5-7-18-42(39)50(45)52-48/h1-33H. The van der Waals surface area contributed by atoms with Crippen LogP contribution in [0, 0.1) is 0 Å². The maximum absolute atomic E-state index is 6.63. The van der Waals surface area contributed by atoms with Gasteiger partial charge in [-0.1, -0.05) is 164 Å². The zero-order chi connectivity index (χ0) is 34.4. The SMILES string of the molecule is c1ccc(-c2ccc(-c3ccc(N(c4ccccc4-c4cccc5oc6c7ccccc7ccc6c45)c4cccc5ccccc45)cc3)cc2)cc1. The van der Waals surface area contributed by atoms with Crippen molar-refractivity contribution in [1.29, 1.82) is 0 Å². The summed E-state index contributed by atoms with van der Waals surface area (Å²) >= 11 is 0. The van der Waals surface area contributed by atoms with Crippen LogP contribution in [-0.2, 0) is 0 Å². The summed E-state index contributed by atoms with van der Waals surface area (Å²) in [7, 11) is 0. The van der Waals surface area contributed by atoms with E-state index in [1.807, 2.05) is 0 Å². The van der Waals surface area contributed by atoms with E-state index in [2.05, 4.69) is 205 Å². The number of anilines is 3. The van der Waals surface area contributed by atoms with Crippen molar-refractivity contribution >= 4 is 60.5 Å². The zero-order valence-electron chi connectivity index (χ0n) is 28.4. The van der Waals surface area contributed by atoms with Gasteiger partial charge in [-0.05, 0) is 75.0 Å². The second-order valence-electron chi connectivity index (χ2n) is 13.3. The number of fused-ring (bicyclic) bond motifs is 6. The van der Waals surface area contributed by atoms with E-state index in [1.165, 1.54) is 38.4 Å². The van der Waals surface area contributed by atoms with E-state index < -0.39 is 0 Å². The molecule has 0 aliphatic rings. The van der Waals surface area contributed by atoms with Crippen molar-refractivity contribution in [2.24, 2.45) is 0 Å². The van der Waals surface area contributed by atoms with Crippen molar-refractivity contribution in [2.75, 3.05) is 4.90 Å². The third kappa shape index (κ3) is 5.04. The molecule has 2 nitrogen and oxygen atoms in total. The largest absolute Gasteiger partial charge is 0.455 e. The Morgan fingerprint density at radius 2 is 0.865 bits per heavy atom. The molecule has 0 bridgehead atoms. The fraction of sp³-hybridized carbons (Fsp3) is 0. The first kappa shape index (κ1) is 30.0. The quantitative estimate of drug-likeness (QED) is 0.176. The van der Waals surface area contributed by atoms with Gasteiger partial charge >= 0.3 is 0 Å². The highest BCUT2D eigenvalue weighted by Gasteiger charge is 2.22. The Balaban J connectivity index is 1.14. The van der Waals surface area contributed by atoms with Crippen molar-refractivity contribution in [2.45, 2.75) is 0 Å². The predicted molar refractivity (Wildman–Crippen MR) is 220 cm³/mol. The average Bonchev–Trinajstić information content (AvgIpc) is 3.62. The molecule has 0 unspecified atom stereocenters. The normalized spacial score (nSPS) is 11.5. The number of nitrogens with zero attached hydrogens (tertiary/aromatic N) is 1. The van der Waals surface area contributed by atoms with Crippen LogP contribution in [0.5, 0.6) is 0 Å². The van der Waals surface area contributed by atoms with Crippen LogP contribution in [0.1, 0.15) is 0 Å². The number of rotatable bonds is 6. The van der Waals surface area contributed by atoms with Gasteiger partial charge in [-0.15, -0.1) is 0 Å². The first-order chi connectivity index (χ1) is 25.8. The molecule has 0 amide bonds. The highest BCUT2D eigenvalue weighted by molar-refractivity contribution is 6.20. The second kappa shape index (κ2) is 12.5. The molecule has 0 radical (unpaired) electrons. The number of hydrogen-bond acceptors (Lipinski definition) is 2. The molecule has 1 heterocycles. The second-order valence-corrected chi connectivity index (χ2v) is 13.3.